The Bertz CT molecular complexity index is 374. The number of carbonyl (C=O) groups excluding carboxylic acids is 1. The normalized spacial score (nSPS) is 10.1. The van der Waals surface area contributed by atoms with Crippen molar-refractivity contribution in [3.63, 3.8) is 0 Å². The molecule has 4 heteroatoms. The summed E-state index contributed by atoms with van der Waals surface area (Å²) >= 11 is 0. The topological polar surface area (TPSA) is 72.5 Å². The molecule has 15 heavy (non-hydrogen) atoms. The molecule has 3 N–H and O–H groups in total. The summed E-state index contributed by atoms with van der Waals surface area (Å²) in [5.74, 6) is 0.423. The van der Waals surface area contributed by atoms with Crippen molar-refractivity contribution < 1.29 is 14.6 Å². The summed E-state index contributed by atoms with van der Waals surface area (Å²) < 4.78 is 5.05. The van der Waals surface area contributed by atoms with Crippen LogP contribution >= 0.6 is 0 Å². The number of nitrogens with two attached hydrogens (primary N) is 1. The van der Waals surface area contributed by atoms with E-state index in [0.717, 1.165) is 0 Å². The van der Waals surface area contributed by atoms with E-state index in [1.807, 2.05) is 0 Å². The number of aromatic hydroxyl groups is 1. The van der Waals surface area contributed by atoms with Crippen LogP contribution in [0.4, 0.5) is 0 Å². The lowest BCUT2D eigenvalue weighted by Gasteiger charge is -2.10. The molecule has 0 radical (unpaired) electrons. The number of hydrogen-bond donors (Lipinski definition) is 2. The molecule has 0 spiro atoms. The third kappa shape index (κ3) is 2.47. The summed E-state index contributed by atoms with van der Waals surface area (Å²) in [5, 5.41) is 9.35. The van der Waals surface area contributed by atoms with Gasteiger partial charge in [-0.05, 0) is 25.1 Å². The molecule has 0 aliphatic rings. The highest BCUT2D eigenvalue weighted by Gasteiger charge is 2.15. The van der Waals surface area contributed by atoms with Crippen molar-refractivity contribution in [3.05, 3.63) is 23.3 Å². The Morgan fingerprint density at radius 1 is 1.53 bits per heavy atom. The molecule has 0 saturated heterocycles. The van der Waals surface area contributed by atoms with Gasteiger partial charge in [-0.2, -0.15) is 0 Å². The number of carbonyl (C=O) groups is 1. The van der Waals surface area contributed by atoms with Gasteiger partial charge in [0.1, 0.15) is 11.5 Å². The maximum atomic E-state index is 11.7. The number of phenolic OH excluding ortho intramolecular Hbond substituents is 1. The summed E-state index contributed by atoms with van der Waals surface area (Å²) in [6.07, 6.45) is 0.280. The van der Waals surface area contributed by atoms with E-state index in [1.165, 1.54) is 19.2 Å². The molecule has 0 unspecified atom stereocenters. The van der Waals surface area contributed by atoms with Gasteiger partial charge < -0.3 is 15.6 Å². The van der Waals surface area contributed by atoms with Crippen LogP contribution < -0.4 is 10.5 Å². The zero-order valence-electron chi connectivity index (χ0n) is 8.91. The van der Waals surface area contributed by atoms with Crippen molar-refractivity contribution in [3.8, 4) is 11.5 Å². The van der Waals surface area contributed by atoms with Crippen LogP contribution in [0.3, 0.4) is 0 Å². The molecule has 0 aliphatic carbocycles. The maximum Gasteiger partial charge on any atom is 0.168 e. The average Bonchev–Trinajstić information content (AvgIpc) is 2.16. The van der Waals surface area contributed by atoms with Gasteiger partial charge in [-0.1, -0.05) is 0 Å². The fraction of sp³-hybridized carbons (Fsp3) is 0.364. The Kier molecular flexibility index (Phi) is 3.68. The number of hydrogen-bond acceptors (Lipinski definition) is 4. The predicted molar refractivity (Wildman–Crippen MR) is 57.4 cm³/mol. The fourth-order valence-corrected chi connectivity index (χ4v) is 1.51. The molecule has 1 rings (SSSR count). The van der Waals surface area contributed by atoms with Crippen molar-refractivity contribution >= 4 is 5.78 Å². The summed E-state index contributed by atoms with van der Waals surface area (Å²) in [5.41, 5.74) is 6.53. The second kappa shape index (κ2) is 4.79. The second-order valence-electron chi connectivity index (χ2n) is 3.30. The number of phenols is 1. The molecular formula is C11H15NO3. The Morgan fingerprint density at radius 2 is 2.20 bits per heavy atom. The highest BCUT2D eigenvalue weighted by Crippen LogP contribution is 2.28. The summed E-state index contributed by atoms with van der Waals surface area (Å²) in [6.45, 7) is 2.06. The quantitative estimate of drug-likeness (QED) is 0.732. The van der Waals surface area contributed by atoms with Gasteiger partial charge in [0.2, 0.25) is 0 Å². The summed E-state index contributed by atoms with van der Waals surface area (Å²) in [7, 11) is 1.47. The minimum absolute atomic E-state index is 0.0631. The van der Waals surface area contributed by atoms with Crippen molar-refractivity contribution in [2.45, 2.75) is 13.3 Å². The van der Waals surface area contributed by atoms with E-state index >= 15 is 0 Å². The van der Waals surface area contributed by atoms with Gasteiger partial charge in [0, 0.05) is 12.5 Å². The molecule has 0 fully saturated rings. The van der Waals surface area contributed by atoms with Gasteiger partial charge in [-0.15, -0.1) is 0 Å². The smallest absolute Gasteiger partial charge is 0.168 e. The predicted octanol–water partition coefficient (Wildman–Crippen LogP) is 1.24. The molecule has 0 atom stereocenters. The average molecular weight is 209 g/mol. The maximum absolute atomic E-state index is 11.7. The van der Waals surface area contributed by atoms with Crippen LogP contribution in [0.15, 0.2) is 12.1 Å². The van der Waals surface area contributed by atoms with Gasteiger partial charge >= 0.3 is 0 Å². The van der Waals surface area contributed by atoms with E-state index in [2.05, 4.69) is 0 Å². The molecule has 0 bridgehead atoms. The highest BCUT2D eigenvalue weighted by atomic mass is 16.5. The zero-order chi connectivity index (χ0) is 11.4. The van der Waals surface area contributed by atoms with E-state index in [-0.39, 0.29) is 18.0 Å². The molecule has 1 aromatic carbocycles. The van der Waals surface area contributed by atoms with Gasteiger partial charge in [0.25, 0.3) is 0 Å². The molecule has 0 aromatic heterocycles. The Hall–Kier alpha value is -1.55. The molecule has 82 valence electrons. The third-order valence-corrected chi connectivity index (χ3v) is 2.15. The monoisotopic (exact) mass is 209 g/mol. The standard InChI is InChI=1S/C11H15NO3/c1-7-5-8(13)6-10(15-2)11(7)9(14)3-4-12/h5-6,13H,3-4,12H2,1-2H3. The largest absolute Gasteiger partial charge is 0.508 e. The van der Waals surface area contributed by atoms with Crippen LogP contribution in [0.25, 0.3) is 0 Å². The first-order chi connectivity index (χ1) is 7.10. The molecule has 0 aliphatic heterocycles. The van der Waals surface area contributed by atoms with Gasteiger partial charge in [0.05, 0.1) is 12.7 Å². The van der Waals surface area contributed by atoms with Crippen LogP contribution in [0.2, 0.25) is 0 Å². The van der Waals surface area contributed by atoms with Gasteiger partial charge in [-0.3, -0.25) is 4.79 Å². The van der Waals surface area contributed by atoms with Crippen LogP contribution in [-0.4, -0.2) is 24.5 Å². The highest BCUT2D eigenvalue weighted by molar-refractivity contribution is 6.00. The number of benzene rings is 1. The minimum atomic E-state index is -0.0631. The minimum Gasteiger partial charge on any atom is -0.508 e. The van der Waals surface area contributed by atoms with E-state index in [0.29, 0.717) is 23.4 Å². The van der Waals surface area contributed by atoms with Crippen LogP contribution in [0, 0.1) is 6.92 Å². The molecule has 4 nitrogen and oxygen atoms in total. The van der Waals surface area contributed by atoms with Crippen molar-refractivity contribution in [1.82, 2.24) is 0 Å². The van der Waals surface area contributed by atoms with E-state index in [4.69, 9.17) is 10.5 Å². The number of aryl methyl sites for hydroxylation is 1. The second-order valence-corrected chi connectivity index (χ2v) is 3.30. The number of ether oxygens (including phenoxy) is 1. The first-order valence-corrected chi connectivity index (χ1v) is 4.71. The van der Waals surface area contributed by atoms with Crippen LogP contribution in [0.5, 0.6) is 11.5 Å². The molecular weight excluding hydrogens is 194 g/mol. The lowest BCUT2D eigenvalue weighted by Crippen LogP contribution is -2.10. The number of Topliss-reactive ketones (excluding diaryl/α,β-unsaturated/α-hetero) is 1. The first kappa shape index (κ1) is 11.5. The van der Waals surface area contributed by atoms with Crippen molar-refractivity contribution in [2.24, 2.45) is 5.73 Å². The van der Waals surface area contributed by atoms with Crippen molar-refractivity contribution in [1.29, 1.82) is 0 Å². The first-order valence-electron chi connectivity index (χ1n) is 4.71. The van der Waals surface area contributed by atoms with Crippen molar-refractivity contribution in [2.75, 3.05) is 13.7 Å². The zero-order valence-corrected chi connectivity index (χ0v) is 8.91. The molecule has 0 heterocycles. The Balaban J connectivity index is 3.20. The Labute approximate surface area is 88.7 Å². The van der Waals surface area contributed by atoms with E-state index < -0.39 is 0 Å². The van der Waals surface area contributed by atoms with Crippen LogP contribution in [-0.2, 0) is 0 Å². The van der Waals surface area contributed by atoms with E-state index in [9.17, 15) is 9.90 Å². The van der Waals surface area contributed by atoms with Gasteiger partial charge in [-0.25, -0.2) is 0 Å². The molecule has 0 saturated carbocycles. The van der Waals surface area contributed by atoms with E-state index in [1.54, 1.807) is 6.92 Å². The fourth-order valence-electron chi connectivity index (χ4n) is 1.51. The summed E-state index contributed by atoms with van der Waals surface area (Å²) in [6, 6.07) is 2.96. The lowest BCUT2D eigenvalue weighted by atomic mass is 10.0. The molecule has 1 aromatic rings. The Morgan fingerprint density at radius 3 is 2.73 bits per heavy atom. The third-order valence-electron chi connectivity index (χ3n) is 2.15. The SMILES string of the molecule is COc1cc(O)cc(C)c1C(=O)CCN. The molecule has 0 amide bonds. The van der Waals surface area contributed by atoms with Gasteiger partial charge in [0.15, 0.2) is 5.78 Å². The summed E-state index contributed by atoms with van der Waals surface area (Å²) in [4.78, 5) is 11.7. The lowest BCUT2D eigenvalue weighted by molar-refractivity contribution is 0.0982. The number of methoxy groups -OCH3 is 1. The van der Waals surface area contributed by atoms with Crippen LogP contribution in [0.1, 0.15) is 22.3 Å². The number of rotatable bonds is 4. The number of ketones is 1.